The largest absolute Gasteiger partial charge is 0.343 e. The fraction of sp³-hybridized carbons (Fsp3) is 0.0571. The second-order valence-corrected chi connectivity index (χ2v) is 19.7. The van der Waals surface area contributed by atoms with Crippen molar-refractivity contribution in [1.82, 2.24) is 4.57 Å². The number of aryl methyl sites for hydroxylation is 1. The van der Waals surface area contributed by atoms with Crippen LogP contribution in [0.4, 0.5) is 0 Å². The summed E-state index contributed by atoms with van der Waals surface area (Å²) in [7, 11) is 2.28. The lowest BCUT2D eigenvalue weighted by atomic mass is 9.79. The fourth-order valence-electron chi connectivity index (χ4n) is 11.7. The lowest BCUT2D eigenvalue weighted by molar-refractivity contribution is 0.666. The summed E-state index contributed by atoms with van der Waals surface area (Å²) in [5.41, 5.74) is 27.1. The highest BCUT2D eigenvalue weighted by atomic mass is 14.9. The van der Waals surface area contributed by atoms with Crippen LogP contribution in [-0.4, -0.2) is 4.57 Å². The molecule has 13 rings (SSSR count). The van der Waals surface area contributed by atoms with Crippen molar-refractivity contribution in [3.63, 3.8) is 0 Å². The van der Waals surface area contributed by atoms with E-state index in [1.54, 1.807) is 0 Å². The number of hydrogen-bond acceptors (Lipinski definition) is 0. The van der Waals surface area contributed by atoms with Gasteiger partial charge in [0.2, 0.25) is 0 Å². The van der Waals surface area contributed by atoms with E-state index in [2.05, 4.69) is 280 Å². The summed E-state index contributed by atoms with van der Waals surface area (Å²) in [6.45, 7) is 4.83. The Balaban J connectivity index is 0.958. The SMILES string of the molecule is Cn1c2c(-c3ccc(-c4cc(-c5ccccc5)cc(-c5ccccc5)c4)cc3)cccc2c2c3c(cc(-c4ccc(-c5cc(-c6ccccc6)cc(-c6ccccc6)c5)cc4)c21)-c1ccccc1C3(C)C. The van der Waals surface area contributed by atoms with Crippen molar-refractivity contribution in [3.8, 4) is 100 Å². The van der Waals surface area contributed by atoms with Crippen LogP contribution < -0.4 is 0 Å². The number of benzene rings is 11. The first-order chi connectivity index (χ1) is 34.9. The minimum atomic E-state index is -0.189. The van der Waals surface area contributed by atoms with Crippen LogP contribution in [0.3, 0.4) is 0 Å². The third-order valence-electron chi connectivity index (χ3n) is 15.1. The first-order valence-corrected chi connectivity index (χ1v) is 24.8. The molecular formula is C70H51N. The predicted octanol–water partition coefficient (Wildman–Crippen LogP) is 19.0. The molecule has 1 aliphatic rings. The first-order valence-electron chi connectivity index (χ1n) is 24.8. The molecule has 0 unspecified atom stereocenters. The standard InChI is InChI=1S/C70H51N/c1-70(2)65-30-17-16-27-61(65)64-45-63(53-37-33-51(34-38-53)59-43-56(48-23-12-6-13-24-48)40-57(44-59)49-25-14-7-15-26-49)69-66(67(64)70)62-29-18-28-60(68(62)71(69)3)52-35-31-50(32-36-52)58-41-54(46-19-8-4-9-20-46)39-55(42-58)47-21-10-5-11-22-47/h4-45H,1-3H3. The Bertz CT molecular complexity index is 3840. The third kappa shape index (κ3) is 7.24. The van der Waals surface area contributed by atoms with Crippen LogP contribution in [0.1, 0.15) is 25.0 Å². The predicted molar refractivity (Wildman–Crippen MR) is 301 cm³/mol. The van der Waals surface area contributed by atoms with Gasteiger partial charge >= 0.3 is 0 Å². The molecule has 0 N–H and O–H groups in total. The molecule has 0 radical (unpaired) electrons. The van der Waals surface area contributed by atoms with Crippen molar-refractivity contribution in [2.24, 2.45) is 7.05 Å². The third-order valence-corrected chi connectivity index (χ3v) is 15.1. The monoisotopic (exact) mass is 905 g/mol. The minimum absolute atomic E-state index is 0.189. The van der Waals surface area contributed by atoms with Crippen molar-refractivity contribution in [2.45, 2.75) is 19.3 Å². The van der Waals surface area contributed by atoms with E-state index in [0.717, 1.165) is 0 Å². The molecule has 0 saturated heterocycles. The van der Waals surface area contributed by atoms with Crippen LogP contribution in [0.2, 0.25) is 0 Å². The van der Waals surface area contributed by atoms with E-state index in [9.17, 15) is 0 Å². The van der Waals surface area contributed by atoms with Gasteiger partial charge < -0.3 is 4.57 Å². The van der Waals surface area contributed by atoms with E-state index in [0.29, 0.717) is 0 Å². The van der Waals surface area contributed by atoms with E-state index in [1.807, 2.05) is 0 Å². The lowest BCUT2D eigenvalue weighted by Gasteiger charge is -2.23. The van der Waals surface area contributed by atoms with Gasteiger partial charge in [0.05, 0.1) is 11.0 Å². The van der Waals surface area contributed by atoms with E-state index in [-0.39, 0.29) is 5.41 Å². The van der Waals surface area contributed by atoms with Crippen LogP contribution in [0, 0.1) is 0 Å². The maximum absolute atomic E-state index is 2.49. The van der Waals surface area contributed by atoms with Crippen molar-refractivity contribution in [2.75, 3.05) is 0 Å². The van der Waals surface area contributed by atoms with Crippen molar-refractivity contribution < 1.29 is 0 Å². The molecule has 0 aliphatic heterocycles. The molecule has 0 atom stereocenters. The summed E-state index contributed by atoms with van der Waals surface area (Å²) in [5, 5.41) is 2.63. The average Bonchev–Trinajstić information content (AvgIpc) is 3.87. The molecule has 1 nitrogen and oxygen atoms in total. The Morgan fingerprint density at radius 1 is 0.268 bits per heavy atom. The molecular weight excluding hydrogens is 855 g/mol. The lowest BCUT2D eigenvalue weighted by Crippen LogP contribution is -2.15. The Hall–Kier alpha value is -8.78. The van der Waals surface area contributed by atoms with Gasteiger partial charge in [0.15, 0.2) is 0 Å². The maximum Gasteiger partial charge on any atom is 0.0572 e. The fourth-order valence-corrected chi connectivity index (χ4v) is 11.7. The molecule has 0 amide bonds. The van der Waals surface area contributed by atoms with Gasteiger partial charge in [-0.1, -0.05) is 226 Å². The maximum atomic E-state index is 2.49. The van der Waals surface area contributed by atoms with E-state index < -0.39 is 0 Å². The highest BCUT2D eigenvalue weighted by molar-refractivity contribution is 6.20. The van der Waals surface area contributed by atoms with Gasteiger partial charge in [-0.25, -0.2) is 0 Å². The molecule has 0 bridgehead atoms. The number of rotatable bonds is 8. The van der Waals surface area contributed by atoms with E-state index in [1.165, 1.54) is 133 Å². The molecule has 12 aromatic rings. The quantitative estimate of drug-likeness (QED) is 0.143. The van der Waals surface area contributed by atoms with E-state index in [4.69, 9.17) is 0 Å². The zero-order valence-electron chi connectivity index (χ0n) is 40.2. The molecule has 1 heterocycles. The van der Waals surface area contributed by atoms with Crippen LogP contribution in [0.15, 0.2) is 255 Å². The number of para-hydroxylation sites is 1. The van der Waals surface area contributed by atoms with Crippen LogP contribution in [-0.2, 0) is 12.5 Å². The Morgan fingerprint density at radius 3 is 1.06 bits per heavy atom. The second-order valence-electron chi connectivity index (χ2n) is 19.7. The van der Waals surface area contributed by atoms with Gasteiger partial charge in [-0.3, -0.25) is 0 Å². The Labute approximate surface area is 416 Å². The molecule has 0 fully saturated rings. The summed E-state index contributed by atoms with van der Waals surface area (Å²) < 4.78 is 2.49. The number of fused-ring (bicyclic) bond motifs is 7. The first kappa shape index (κ1) is 42.3. The molecule has 0 spiro atoms. The molecule has 11 aromatic carbocycles. The van der Waals surface area contributed by atoms with Gasteiger partial charge in [-0.05, 0) is 143 Å². The normalized spacial score (nSPS) is 12.5. The molecule has 71 heavy (non-hydrogen) atoms. The van der Waals surface area contributed by atoms with Crippen LogP contribution in [0.25, 0.3) is 122 Å². The summed E-state index contributed by atoms with van der Waals surface area (Å²) in [6, 6.07) is 93.9. The van der Waals surface area contributed by atoms with Gasteiger partial charge in [-0.2, -0.15) is 0 Å². The van der Waals surface area contributed by atoms with Crippen LogP contribution in [0.5, 0.6) is 0 Å². The van der Waals surface area contributed by atoms with Gasteiger partial charge in [0, 0.05) is 34.4 Å². The number of aromatic nitrogens is 1. The summed E-state index contributed by atoms with van der Waals surface area (Å²) in [4.78, 5) is 0. The van der Waals surface area contributed by atoms with Crippen molar-refractivity contribution in [1.29, 1.82) is 0 Å². The highest BCUT2D eigenvalue weighted by Gasteiger charge is 2.39. The van der Waals surface area contributed by atoms with Crippen molar-refractivity contribution >= 4 is 21.8 Å². The summed E-state index contributed by atoms with van der Waals surface area (Å²) in [6.07, 6.45) is 0. The minimum Gasteiger partial charge on any atom is -0.343 e. The Kier molecular flexibility index (Phi) is 10.1. The molecule has 1 aromatic heterocycles. The van der Waals surface area contributed by atoms with Crippen LogP contribution >= 0.6 is 0 Å². The Morgan fingerprint density at radius 2 is 0.620 bits per heavy atom. The number of nitrogens with zero attached hydrogens (tertiary/aromatic N) is 1. The molecule has 1 aliphatic carbocycles. The molecule has 1 heteroatoms. The summed E-state index contributed by atoms with van der Waals surface area (Å²) >= 11 is 0. The van der Waals surface area contributed by atoms with Gasteiger partial charge in [-0.15, -0.1) is 0 Å². The second kappa shape index (κ2) is 17.0. The zero-order chi connectivity index (χ0) is 47.6. The topological polar surface area (TPSA) is 4.93 Å². The smallest absolute Gasteiger partial charge is 0.0572 e. The van der Waals surface area contributed by atoms with E-state index >= 15 is 0 Å². The van der Waals surface area contributed by atoms with Gasteiger partial charge in [0.1, 0.15) is 0 Å². The van der Waals surface area contributed by atoms with Gasteiger partial charge in [0.25, 0.3) is 0 Å². The zero-order valence-corrected chi connectivity index (χ0v) is 40.2. The number of hydrogen-bond donors (Lipinski definition) is 0. The summed E-state index contributed by atoms with van der Waals surface area (Å²) in [5.74, 6) is 0. The average molecular weight is 906 g/mol. The highest BCUT2D eigenvalue weighted by Crippen LogP contribution is 2.55. The molecule has 336 valence electrons. The van der Waals surface area contributed by atoms with Crippen molar-refractivity contribution in [3.05, 3.63) is 266 Å². The molecule has 0 saturated carbocycles.